The zero-order valence-corrected chi connectivity index (χ0v) is 19.9. The third kappa shape index (κ3) is 6.34. The highest BCUT2D eigenvalue weighted by molar-refractivity contribution is 6.31. The summed E-state index contributed by atoms with van der Waals surface area (Å²) in [6, 6.07) is 7.14. The number of rotatable bonds is 8. The molecule has 0 aliphatic carbocycles. The summed E-state index contributed by atoms with van der Waals surface area (Å²) in [5.74, 6) is -1.80. The van der Waals surface area contributed by atoms with Crippen molar-refractivity contribution in [2.45, 2.75) is 47.0 Å². The summed E-state index contributed by atoms with van der Waals surface area (Å²) >= 11 is 6.49. The lowest BCUT2D eigenvalue weighted by atomic mass is 9.80. The minimum atomic E-state index is -0.734. The molecule has 0 saturated carbocycles. The first-order valence-corrected chi connectivity index (χ1v) is 10.8. The molecule has 2 rings (SSSR count). The van der Waals surface area contributed by atoms with Crippen molar-refractivity contribution in [3.05, 3.63) is 57.4 Å². The summed E-state index contributed by atoms with van der Waals surface area (Å²) in [7, 11) is 1.31. The highest BCUT2D eigenvalue weighted by Crippen LogP contribution is 2.41. The lowest BCUT2D eigenvalue weighted by Gasteiger charge is -2.32. The van der Waals surface area contributed by atoms with Crippen molar-refractivity contribution >= 4 is 23.5 Å². The van der Waals surface area contributed by atoms with Crippen molar-refractivity contribution in [2.75, 3.05) is 26.9 Å². The molecule has 1 atom stereocenters. The summed E-state index contributed by atoms with van der Waals surface area (Å²) in [4.78, 5) is 25.8. The zero-order valence-electron chi connectivity index (χ0n) is 19.1. The predicted molar refractivity (Wildman–Crippen MR) is 121 cm³/mol. The molecule has 1 N–H and O–H groups in total. The average molecular weight is 450 g/mol. The molecule has 6 nitrogen and oxygen atoms in total. The Kier molecular flexibility index (Phi) is 8.71. The molecule has 0 fully saturated rings. The first kappa shape index (κ1) is 25.0. The number of carbonyl (C=O) groups excluding carboxylic acids is 2. The van der Waals surface area contributed by atoms with Crippen LogP contribution in [0.1, 0.15) is 52.5 Å². The van der Waals surface area contributed by atoms with Crippen molar-refractivity contribution in [1.29, 1.82) is 0 Å². The second kappa shape index (κ2) is 10.8. The standard InChI is InChI=1S/C24H32ClNO5/c1-7-31-23(28)21-18(14-30-13-12-24(3,4)5)26-15(2)19(22(27)29-6)20(21)16-10-8-9-11-17(16)25/h8-11,20,26H,7,12-14H2,1-6H3. The van der Waals surface area contributed by atoms with Crippen LogP contribution in [0.4, 0.5) is 0 Å². The number of methoxy groups -OCH3 is 1. The van der Waals surface area contributed by atoms with Gasteiger partial charge in [-0.1, -0.05) is 50.6 Å². The SMILES string of the molecule is CCOC(=O)C1=C(COCCC(C)(C)C)NC(C)=C(C(=O)OC)C1c1ccccc1Cl. The van der Waals surface area contributed by atoms with Gasteiger partial charge < -0.3 is 19.5 Å². The van der Waals surface area contributed by atoms with Gasteiger partial charge in [-0.2, -0.15) is 0 Å². The second-order valence-electron chi connectivity index (χ2n) is 8.59. The van der Waals surface area contributed by atoms with Gasteiger partial charge in [0.25, 0.3) is 0 Å². The summed E-state index contributed by atoms with van der Waals surface area (Å²) in [5, 5.41) is 3.62. The predicted octanol–water partition coefficient (Wildman–Crippen LogP) is 4.74. The molecule has 31 heavy (non-hydrogen) atoms. The van der Waals surface area contributed by atoms with E-state index in [-0.39, 0.29) is 18.6 Å². The first-order valence-electron chi connectivity index (χ1n) is 10.4. The van der Waals surface area contributed by atoms with Crippen LogP contribution in [0.2, 0.25) is 5.02 Å². The molecule has 1 unspecified atom stereocenters. The molecular weight excluding hydrogens is 418 g/mol. The maximum atomic E-state index is 13.1. The monoisotopic (exact) mass is 449 g/mol. The number of allylic oxidation sites excluding steroid dienone is 1. The Morgan fingerprint density at radius 2 is 1.81 bits per heavy atom. The minimum Gasteiger partial charge on any atom is -0.466 e. The van der Waals surface area contributed by atoms with E-state index in [4.69, 9.17) is 25.8 Å². The number of ether oxygens (including phenoxy) is 3. The van der Waals surface area contributed by atoms with Crippen LogP contribution >= 0.6 is 11.6 Å². The number of nitrogens with one attached hydrogen (secondary N) is 1. The Hall–Kier alpha value is -2.31. The number of carbonyl (C=O) groups is 2. The van der Waals surface area contributed by atoms with Gasteiger partial charge in [0.05, 0.1) is 43.1 Å². The third-order valence-corrected chi connectivity index (χ3v) is 5.35. The molecule has 1 aliphatic heterocycles. The van der Waals surface area contributed by atoms with E-state index in [0.717, 1.165) is 6.42 Å². The van der Waals surface area contributed by atoms with Crippen molar-refractivity contribution in [2.24, 2.45) is 5.41 Å². The smallest absolute Gasteiger partial charge is 0.336 e. The molecule has 1 aromatic rings. The molecule has 0 radical (unpaired) electrons. The Morgan fingerprint density at radius 1 is 1.13 bits per heavy atom. The minimum absolute atomic E-state index is 0.131. The number of hydrogen-bond acceptors (Lipinski definition) is 6. The van der Waals surface area contributed by atoms with Crippen LogP contribution in [0.15, 0.2) is 46.8 Å². The first-order chi connectivity index (χ1) is 14.6. The van der Waals surface area contributed by atoms with Gasteiger partial charge in [-0.25, -0.2) is 9.59 Å². The number of esters is 2. The molecular formula is C24H32ClNO5. The molecule has 7 heteroatoms. The average Bonchev–Trinajstić information content (AvgIpc) is 2.70. The van der Waals surface area contributed by atoms with Crippen LogP contribution in [0.3, 0.4) is 0 Å². The number of benzene rings is 1. The highest BCUT2D eigenvalue weighted by atomic mass is 35.5. The molecule has 0 amide bonds. The van der Waals surface area contributed by atoms with Crippen molar-refractivity contribution < 1.29 is 23.8 Å². The fourth-order valence-electron chi connectivity index (χ4n) is 3.41. The molecule has 170 valence electrons. The number of hydrogen-bond donors (Lipinski definition) is 1. The van der Waals surface area contributed by atoms with E-state index < -0.39 is 17.9 Å². The van der Waals surface area contributed by atoms with E-state index in [1.165, 1.54) is 7.11 Å². The zero-order chi connectivity index (χ0) is 23.2. The van der Waals surface area contributed by atoms with Gasteiger partial charge in [0.15, 0.2) is 0 Å². The summed E-state index contributed by atoms with van der Waals surface area (Å²) in [5.41, 5.74) is 2.52. The van der Waals surface area contributed by atoms with Gasteiger partial charge in [0.1, 0.15) is 0 Å². The third-order valence-electron chi connectivity index (χ3n) is 5.00. The van der Waals surface area contributed by atoms with Crippen LogP contribution in [0, 0.1) is 5.41 Å². The van der Waals surface area contributed by atoms with Gasteiger partial charge in [0, 0.05) is 17.3 Å². The van der Waals surface area contributed by atoms with Crippen LogP contribution in [0.5, 0.6) is 0 Å². The number of halogens is 1. The lowest BCUT2D eigenvalue weighted by molar-refractivity contribution is -0.139. The van der Waals surface area contributed by atoms with E-state index in [0.29, 0.717) is 39.7 Å². The van der Waals surface area contributed by atoms with E-state index in [1.807, 2.05) is 6.07 Å². The lowest BCUT2D eigenvalue weighted by Crippen LogP contribution is -2.35. The molecule has 0 aromatic heterocycles. The molecule has 1 heterocycles. The normalized spacial score (nSPS) is 16.8. The molecule has 0 bridgehead atoms. The van der Waals surface area contributed by atoms with Crippen molar-refractivity contribution in [3.63, 3.8) is 0 Å². The fourth-order valence-corrected chi connectivity index (χ4v) is 3.66. The van der Waals surface area contributed by atoms with Gasteiger partial charge in [-0.3, -0.25) is 0 Å². The van der Waals surface area contributed by atoms with Crippen molar-refractivity contribution in [3.8, 4) is 0 Å². The van der Waals surface area contributed by atoms with Crippen LogP contribution < -0.4 is 5.32 Å². The summed E-state index contributed by atoms with van der Waals surface area (Å²) in [6.45, 7) is 10.8. The van der Waals surface area contributed by atoms with Gasteiger partial charge in [-0.15, -0.1) is 0 Å². The van der Waals surface area contributed by atoms with E-state index in [9.17, 15) is 9.59 Å². The van der Waals surface area contributed by atoms with Gasteiger partial charge >= 0.3 is 11.9 Å². The molecule has 1 aromatic carbocycles. The van der Waals surface area contributed by atoms with Gasteiger partial charge in [0.2, 0.25) is 0 Å². The highest BCUT2D eigenvalue weighted by Gasteiger charge is 2.39. The summed E-state index contributed by atoms with van der Waals surface area (Å²) < 4.78 is 16.3. The van der Waals surface area contributed by atoms with E-state index in [1.54, 1.807) is 32.0 Å². The molecule has 1 aliphatic rings. The van der Waals surface area contributed by atoms with Crippen LogP contribution in [-0.4, -0.2) is 38.9 Å². The van der Waals surface area contributed by atoms with E-state index >= 15 is 0 Å². The molecule has 0 saturated heterocycles. The van der Waals surface area contributed by atoms with Crippen molar-refractivity contribution in [1.82, 2.24) is 5.32 Å². The van der Waals surface area contributed by atoms with Gasteiger partial charge in [-0.05, 0) is 37.3 Å². The second-order valence-corrected chi connectivity index (χ2v) is 8.99. The fraction of sp³-hybridized carbons (Fsp3) is 0.500. The molecule has 0 spiro atoms. The van der Waals surface area contributed by atoms with E-state index in [2.05, 4.69) is 26.1 Å². The topological polar surface area (TPSA) is 73.9 Å². The summed E-state index contributed by atoms with van der Waals surface area (Å²) in [6.07, 6.45) is 0.866. The number of dihydropyridines is 1. The van der Waals surface area contributed by atoms with Crippen LogP contribution in [0.25, 0.3) is 0 Å². The Balaban J connectivity index is 2.55. The largest absolute Gasteiger partial charge is 0.466 e. The Labute approximate surface area is 189 Å². The van der Waals surface area contributed by atoms with Crippen LogP contribution in [-0.2, 0) is 23.8 Å². The quantitative estimate of drug-likeness (QED) is 0.456. The maximum Gasteiger partial charge on any atom is 0.336 e. The maximum absolute atomic E-state index is 13.1. The Bertz CT molecular complexity index is 882. The Morgan fingerprint density at radius 3 is 2.39 bits per heavy atom.